The van der Waals surface area contributed by atoms with E-state index in [0.717, 1.165) is 6.08 Å². The molecule has 2 aromatic carbocycles. The van der Waals surface area contributed by atoms with E-state index < -0.39 is 41.0 Å². The third-order valence-corrected chi connectivity index (χ3v) is 9.96. The number of benzene rings is 2. The van der Waals surface area contributed by atoms with Gasteiger partial charge in [-0.3, -0.25) is 19.3 Å². The summed E-state index contributed by atoms with van der Waals surface area (Å²) in [7, 11) is 2.85. The van der Waals surface area contributed by atoms with Crippen molar-refractivity contribution in [3.63, 3.8) is 0 Å². The molecule has 2 saturated heterocycles. The largest absolute Gasteiger partial charge is 0.508 e. The van der Waals surface area contributed by atoms with Crippen molar-refractivity contribution in [3.05, 3.63) is 89.7 Å². The van der Waals surface area contributed by atoms with Crippen molar-refractivity contribution >= 4 is 35.2 Å². The summed E-state index contributed by atoms with van der Waals surface area (Å²) in [6.07, 6.45) is 11.1. The Labute approximate surface area is 252 Å². The van der Waals surface area contributed by atoms with Crippen LogP contribution in [0.2, 0.25) is 0 Å². The molecule has 5 unspecified atom stereocenters. The fourth-order valence-electron chi connectivity index (χ4n) is 7.08. The third kappa shape index (κ3) is 4.47. The Bertz CT molecular complexity index is 1590. The number of nitrogens with zero attached hydrogens (tertiary/aromatic N) is 1. The van der Waals surface area contributed by atoms with Gasteiger partial charge in [-0.05, 0) is 41.5 Å². The molecular formula is C33H31NO8S. The number of allylic oxidation sites excluding steroid dienone is 6. The number of aliphatic hydroxyl groups excluding tert-OH is 1. The summed E-state index contributed by atoms with van der Waals surface area (Å²) in [6.45, 7) is 0. The first-order valence-electron chi connectivity index (χ1n) is 13.9. The van der Waals surface area contributed by atoms with Gasteiger partial charge in [0.25, 0.3) is 0 Å². The number of phenolic OH excluding ortho intramolecular Hbond substituents is 2. The van der Waals surface area contributed by atoms with Gasteiger partial charge in [-0.1, -0.05) is 42.5 Å². The minimum atomic E-state index is -1.59. The maximum atomic E-state index is 14.4. The monoisotopic (exact) mass is 601 g/mol. The van der Waals surface area contributed by atoms with Crippen LogP contribution in [0.4, 0.5) is 0 Å². The second-order valence-corrected chi connectivity index (χ2v) is 12.0. The Morgan fingerprint density at radius 3 is 2.33 bits per heavy atom. The molecule has 6 rings (SSSR count). The van der Waals surface area contributed by atoms with Crippen LogP contribution in [-0.2, 0) is 14.4 Å². The number of phenols is 2. The van der Waals surface area contributed by atoms with Crippen LogP contribution in [-0.4, -0.2) is 75.0 Å². The molecule has 2 aliphatic heterocycles. The van der Waals surface area contributed by atoms with Gasteiger partial charge in [-0.15, -0.1) is 11.8 Å². The second-order valence-electron chi connectivity index (χ2n) is 11.0. The number of rotatable bonds is 7. The van der Waals surface area contributed by atoms with Crippen LogP contribution in [0.3, 0.4) is 0 Å². The maximum absolute atomic E-state index is 14.4. The number of methoxy groups -OCH3 is 2. The van der Waals surface area contributed by atoms with Gasteiger partial charge in [-0.25, -0.2) is 0 Å². The highest BCUT2D eigenvalue weighted by Crippen LogP contribution is 2.60. The average molecular weight is 602 g/mol. The zero-order valence-electron chi connectivity index (χ0n) is 23.5. The molecule has 3 N–H and O–H groups in total. The first-order valence-corrected chi connectivity index (χ1v) is 15.0. The molecule has 0 amide bonds. The molecule has 2 aromatic rings. The van der Waals surface area contributed by atoms with Gasteiger partial charge in [0.1, 0.15) is 11.3 Å². The van der Waals surface area contributed by atoms with E-state index in [-0.39, 0.29) is 34.6 Å². The van der Waals surface area contributed by atoms with Crippen LogP contribution in [0, 0.1) is 17.8 Å². The molecule has 2 heterocycles. The number of thioether (sulfide) groups is 1. The lowest BCUT2D eigenvalue weighted by Gasteiger charge is -2.36. The lowest BCUT2D eigenvalue weighted by Crippen LogP contribution is -2.57. The van der Waals surface area contributed by atoms with Gasteiger partial charge < -0.3 is 24.8 Å². The van der Waals surface area contributed by atoms with Crippen molar-refractivity contribution in [1.29, 1.82) is 0 Å². The zero-order chi connectivity index (χ0) is 30.5. The topological polar surface area (TPSA) is 134 Å². The Kier molecular flexibility index (Phi) is 7.43. The van der Waals surface area contributed by atoms with Crippen molar-refractivity contribution in [2.45, 2.75) is 17.5 Å². The molecule has 5 atom stereocenters. The van der Waals surface area contributed by atoms with Gasteiger partial charge in [0.15, 0.2) is 40.3 Å². The smallest absolute Gasteiger partial charge is 0.169 e. The molecule has 0 radical (unpaired) electrons. The highest BCUT2D eigenvalue weighted by molar-refractivity contribution is 7.99. The summed E-state index contributed by atoms with van der Waals surface area (Å²) in [5.41, 5.74) is -0.494. The van der Waals surface area contributed by atoms with Gasteiger partial charge >= 0.3 is 0 Å². The Balaban J connectivity index is 1.43. The van der Waals surface area contributed by atoms with E-state index in [2.05, 4.69) is 0 Å². The summed E-state index contributed by atoms with van der Waals surface area (Å²) >= 11 is 1.56. The number of aromatic hydroxyl groups is 2. The fourth-order valence-corrected chi connectivity index (χ4v) is 8.40. The first-order chi connectivity index (χ1) is 20.7. The number of Topliss-reactive ketones (excluding diaryl/α,β-unsaturated/α-hetero) is 2. The quantitative estimate of drug-likeness (QED) is 0.184. The van der Waals surface area contributed by atoms with Crippen molar-refractivity contribution < 1.29 is 39.2 Å². The number of carbonyl (C=O) groups excluding carboxylic acids is 3. The van der Waals surface area contributed by atoms with E-state index in [1.165, 1.54) is 32.4 Å². The lowest BCUT2D eigenvalue weighted by molar-refractivity contribution is -0.137. The zero-order valence-corrected chi connectivity index (χ0v) is 24.4. The molecule has 10 heteroatoms. The molecule has 1 spiro atoms. The van der Waals surface area contributed by atoms with E-state index in [1.54, 1.807) is 66.4 Å². The highest BCUT2D eigenvalue weighted by Gasteiger charge is 2.74. The number of ketones is 3. The van der Waals surface area contributed by atoms with E-state index >= 15 is 0 Å². The molecule has 4 aliphatic rings. The number of ether oxygens (including phenoxy) is 2. The minimum Gasteiger partial charge on any atom is -0.508 e. The van der Waals surface area contributed by atoms with E-state index in [9.17, 15) is 29.7 Å². The summed E-state index contributed by atoms with van der Waals surface area (Å²) in [5.74, 6) is -2.97. The van der Waals surface area contributed by atoms with Gasteiger partial charge in [-0.2, -0.15) is 0 Å². The van der Waals surface area contributed by atoms with Crippen molar-refractivity contribution in [3.8, 4) is 23.0 Å². The Morgan fingerprint density at radius 2 is 1.67 bits per heavy atom. The molecule has 43 heavy (non-hydrogen) atoms. The number of aliphatic hydroxyl groups is 1. The van der Waals surface area contributed by atoms with Gasteiger partial charge in [0.2, 0.25) is 0 Å². The first kappa shape index (κ1) is 28.8. The molecule has 1 saturated carbocycles. The summed E-state index contributed by atoms with van der Waals surface area (Å²) in [5, 5.41) is 31.2. The Hall–Kier alpha value is -4.28. The SMILES string of the molecule is COc1ccc(/C=C/C(O)=C/C(=O)C2C3CSCN3C3(C(=O)C4C=CC=CC4C3=O)C2c2ccc(O)c(OC)c2)cc1O. The minimum absolute atomic E-state index is 0.0670. The molecule has 2 aliphatic carbocycles. The number of hydrogen-bond donors (Lipinski definition) is 3. The molecule has 0 aromatic heterocycles. The van der Waals surface area contributed by atoms with Crippen molar-refractivity contribution in [2.24, 2.45) is 17.8 Å². The standard InChI is InChI=1S/C33H31NO8S/c1-41-27-12-8-18(13-25(27)37)7-10-20(35)15-26(38)29-23-16-43-17-34(23)33(30(29)19-9-11-24(36)28(14-19)42-2)31(39)21-5-3-4-6-22(21)32(33)40/h3-15,21-23,29-30,35-37H,16-17H2,1-2H3/b10-7+,20-15-. The highest BCUT2D eigenvalue weighted by atomic mass is 32.2. The molecule has 3 fully saturated rings. The average Bonchev–Trinajstić information content (AvgIpc) is 3.65. The van der Waals surface area contributed by atoms with Crippen molar-refractivity contribution in [2.75, 3.05) is 25.8 Å². The van der Waals surface area contributed by atoms with E-state index in [1.807, 2.05) is 4.90 Å². The van der Waals surface area contributed by atoms with Gasteiger partial charge in [0.05, 0.1) is 26.1 Å². The predicted molar refractivity (Wildman–Crippen MR) is 161 cm³/mol. The Morgan fingerprint density at radius 1 is 0.977 bits per heavy atom. The summed E-state index contributed by atoms with van der Waals surface area (Å²) in [4.78, 5) is 44.8. The van der Waals surface area contributed by atoms with Crippen LogP contribution in [0.1, 0.15) is 17.0 Å². The maximum Gasteiger partial charge on any atom is 0.169 e. The van der Waals surface area contributed by atoms with Gasteiger partial charge in [0, 0.05) is 35.6 Å². The lowest BCUT2D eigenvalue weighted by atomic mass is 9.70. The number of fused-ring (bicyclic) bond motifs is 3. The van der Waals surface area contributed by atoms with Crippen LogP contribution < -0.4 is 9.47 Å². The normalized spacial score (nSPS) is 29.9. The van der Waals surface area contributed by atoms with Crippen molar-refractivity contribution in [1.82, 2.24) is 4.90 Å². The third-order valence-electron chi connectivity index (χ3n) is 8.92. The summed E-state index contributed by atoms with van der Waals surface area (Å²) in [6, 6.07) is 8.96. The fraction of sp³-hybridized carbons (Fsp3) is 0.303. The number of hydrogen-bond acceptors (Lipinski definition) is 10. The van der Waals surface area contributed by atoms with E-state index in [4.69, 9.17) is 9.47 Å². The summed E-state index contributed by atoms with van der Waals surface area (Å²) < 4.78 is 10.4. The molecule has 0 bridgehead atoms. The predicted octanol–water partition coefficient (Wildman–Crippen LogP) is 4.18. The second kappa shape index (κ2) is 11.1. The molecule has 222 valence electrons. The van der Waals surface area contributed by atoms with E-state index in [0.29, 0.717) is 28.5 Å². The molecular weight excluding hydrogens is 570 g/mol. The van der Waals surface area contributed by atoms with Crippen LogP contribution in [0.15, 0.2) is 78.6 Å². The van der Waals surface area contributed by atoms with Crippen LogP contribution >= 0.6 is 11.8 Å². The number of carbonyl (C=O) groups is 3. The van der Waals surface area contributed by atoms with Crippen LogP contribution in [0.25, 0.3) is 6.08 Å². The van der Waals surface area contributed by atoms with Crippen LogP contribution in [0.5, 0.6) is 23.0 Å². The molecule has 9 nitrogen and oxygen atoms in total.